The number of anilines is 1. The fourth-order valence-corrected chi connectivity index (χ4v) is 5.86. The predicted octanol–water partition coefficient (Wildman–Crippen LogP) is 1.07. The zero-order valence-electron chi connectivity index (χ0n) is 20.9. The molecule has 12 heteroatoms. The van der Waals surface area contributed by atoms with Crippen LogP contribution in [0.2, 0.25) is 0 Å². The second kappa shape index (κ2) is 10.2. The van der Waals surface area contributed by atoms with E-state index in [0.717, 1.165) is 70.7 Å². The Balaban J connectivity index is 1.07. The van der Waals surface area contributed by atoms with E-state index in [0.29, 0.717) is 41.7 Å². The Hall–Kier alpha value is -3.38. The lowest BCUT2D eigenvalue weighted by Gasteiger charge is -2.33. The summed E-state index contributed by atoms with van der Waals surface area (Å²) >= 11 is 0. The van der Waals surface area contributed by atoms with Crippen LogP contribution in [-0.4, -0.2) is 86.5 Å². The maximum atomic E-state index is 12.8. The van der Waals surface area contributed by atoms with E-state index in [9.17, 15) is 9.59 Å². The molecule has 3 fully saturated rings. The number of nitrogens with one attached hydrogen (secondary N) is 1. The van der Waals surface area contributed by atoms with E-state index in [4.69, 9.17) is 15.5 Å². The first-order valence-electron chi connectivity index (χ1n) is 13.2. The van der Waals surface area contributed by atoms with Gasteiger partial charge in [0, 0.05) is 57.7 Å². The molecule has 0 aromatic carbocycles. The van der Waals surface area contributed by atoms with Crippen LogP contribution >= 0.6 is 0 Å². The van der Waals surface area contributed by atoms with Crippen LogP contribution in [0.1, 0.15) is 60.2 Å². The van der Waals surface area contributed by atoms with E-state index >= 15 is 0 Å². The molecule has 37 heavy (non-hydrogen) atoms. The molecule has 12 nitrogen and oxygen atoms in total. The summed E-state index contributed by atoms with van der Waals surface area (Å²) in [7, 11) is 0. The van der Waals surface area contributed by atoms with Crippen molar-refractivity contribution < 1.29 is 9.53 Å². The zero-order chi connectivity index (χ0) is 25.4. The lowest BCUT2D eigenvalue weighted by Crippen LogP contribution is -2.39. The number of primary amides is 1. The first-order chi connectivity index (χ1) is 18.0. The van der Waals surface area contributed by atoms with Crippen LogP contribution < -0.4 is 16.2 Å². The van der Waals surface area contributed by atoms with Gasteiger partial charge in [0.2, 0.25) is 5.95 Å². The van der Waals surface area contributed by atoms with Crippen LogP contribution in [0.3, 0.4) is 0 Å². The molecule has 0 radical (unpaired) electrons. The molecular formula is C25H33N9O3. The predicted molar refractivity (Wildman–Crippen MR) is 137 cm³/mol. The third-order valence-electron chi connectivity index (χ3n) is 8.01. The molecule has 3 aliphatic rings. The largest absolute Gasteiger partial charge is 0.381 e. The number of fused-ring (bicyclic) bond motifs is 1. The highest BCUT2D eigenvalue weighted by Gasteiger charge is 2.30. The number of carbonyl (C=O) groups is 1. The van der Waals surface area contributed by atoms with Gasteiger partial charge in [0.1, 0.15) is 11.2 Å². The second-order valence-corrected chi connectivity index (χ2v) is 10.4. The lowest BCUT2D eigenvalue weighted by atomic mass is 9.96. The standard InChI is InChI=1S/C25H33N9O3/c26-21(35)18-11-27-25(28-12-18)33-7-1-16(2-8-33)14-32-6-3-17(15-32)22-30-23-20(24(36)31-22)13-29-34(23)19-4-9-37-10-5-19/h11-13,16-17,19H,1-10,14-15H2,(H2,26,35)(H,30,31,36). The Morgan fingerprint density at radius 2 is 1.81 bits per heavy atom. The van der Waals surface area contributed by atoms with Crippen molar-refractivity contribution in [1.82, 2.24) is 34.6 Å². The number of carbonyl (C=O) groups excluding carboxylic acids is 1. The van der Waals surface area contributed by atoms with Gasteiger partial charge in [-0.3, -0.25) is 9.59 Å². The van der Waals surface area contributed by atoms with Crippen LogP contribution in [0.4, 0.5) is 5.95 Å². The van der Waals surface area contributed by atoms with Gasteiger partial charge in [-0.25, -0.2) is 19.6 Å². The average molecular weight is 508 g/mol. The monoisotopic (exact) mass is 507 g/mol. The summed E-state index contributed by atoms with van der Waals surface area (Å²) in [6.45, 7) is 6.15. The van der Waals surface area contributed by atoms with Crippen LogP contribution in [-0.2, 0) is 4.74 Å². The Labute approximate surface area is 214 Å². The van der Waals surface area contributed by atoms with Gasteiger partial charge in [0.25, 0.3) is 11.5 Å². The fraction of sp³-hybridized carbons (Fsp3) is 0.600. The van der Waals surface area contributed by atoms with Gasteiger partial charge in [0.05, 0.1) is 17.8 Å². The number of nitrogens with two attached hydrogens (primary N) is 1. The van der Waals surface area contributed by atoms with E-state index in [-0.39, 0.29) is 17.5 Å². The molecule has 3 N–H and O–H groups in total. The van der Waals surface area contributed by atoms with Crippen molar-refractivity contribution in [2.45, 2.75) is 44.1 Å². The van der Waals surface area contributed by atoms with Gasteiger partial charge < -0.3 is 25.3 Å². The smallest absolute Gasteiger partial charge is 0.262 e. The minimum absolute atomic E-state index is 0.102. The van der Waals surface area contributed by atoms with Crippen molar-refractivity contribution in [3.8, 4) is 0 Å². The molecule has 196 valence electrons. The SMILES string of the molecule is NC(=O)c1cnc(N2CCC(CN3CCC(c4nc5c(cnn5C5CCOCC5)c(=O)[nH]4)C3)CC2)nc1. The fourth-order valence-electron chi connectivity index (χ4n) is 5.86. The summed E-state index contributed by atoms with van der Waals surface area (Å²) in [5, 5.41) is 5.07. The number of H-pyrrole nitrogens is 1. The Morgan fingerprint density at radius 3 is 2.54 bits per heavy atom. The molecule has 1 amide bonds. The Morgan fingerprint density at radius 1 is 1.05 bits per heavy atom. The number of likely N-dealkylation sites (tertiary alicyclic amines) is 1. The van der Waals surface area contributed by atoms with Gasteiger partial charge in [-0.2, -0.15) is 5.10 Å². The van der Waals surface area contributed by atoms with E-state index in [1.807, 2.05) is 4.68 Å². The molecule has 1 atom stereocenters. The number of aromatic amines is 1. The molecule has 3 aliphatic heterocycles. The first kappa shape index (κ1) is 24.0. The van der Waals surface area contributed by atoms with Crippen LogP contribution in [0.15, 0.2) is 23.4 Å². The van der Waals surface area contributed by atoms with Crippen LogP contribution in [0.5, 0.6) is 0 Å². The Kier molecular flexibility index (Phi) is 6.59. The molecule has 0 aliphatic carbocycles. The van der Waals surface area contributed by atoms with Gasteiger partial charge in [-0.05, 0) is 44.6 Å². The molecule has 0 saturated carbocycles. The van der Waals surface area contributed by atoms with Crippen molar-refractivity contribution in [2.75, 3.05) is 50.8 Å². The number of hydrogen-bond donors (Lipinski definition) is 2. The Bertz CT molecular complexity index is 1310. The normalized spacial score (nSPS) is 22.2. The third kappa shape index (κ3) is 4.95. The summed E-state index contributed by atoms with van der Waals surface area (Å²) in [5.74, 6) is 1.73. The highest BCUT2D eigenvalue weighted by atomic mass is 16.5. The molecular weight excluding hydrogens is 474 g/mol. The van der Waals surface area contributed by atoms with Gasteiger partial charge >= 0.3 is 0 Å². The van der Waals surface area contributed by atoms with E-state index < -0.39 is 5.91 Å². The van der Waals surface area contributed by atoms with Gasteiger partial charge in [-0.1, -0.05) is 0 Å². The number of piperidine rings is 1. The second-order valence-electron chi connectivity index (χ2n) is 10.4. The molecule has 3 saturated heterocycles. The summed E-state index contributed by atoms with van der Waals surface area (Å²) in [5.41, 5.74) is 6.20. The lowest BCUT2D eigenvalue weighted by molar-refractivity contribution is 0.0673. The quantitative estimate of drug-likeness (QED) is 0.500. The van der Waals surface area contributed by atoms with Crippen molar-refractivity contribution >= 4 is 22.9 Å². The minimum Gasteiger partial charge on any atom is -0.381 e. The van der Waals surface area contributed by atoms with Crippen LogP contribution in [0.25, 0.3) is 11.0 Å². The summed E-state index contributed by atoms with van der Waals surface area (Å²) in [4.78, 5) is 45.3. The molecule has 0 bridgehead atoms. The van der Waals surface area contributed by atoms with Crippen molar-refractivity contribution in [3.05, 3.63) is 40.3 Å². The summed E-state index contributed by atoms with van der Waals surface area (Å²) in [6.07, 6.45) is 9.52. The maximum absolute atomic E-state index is 12.8. The molecule has 6 heterocycles. The highest BCUT2D eigenvalue weighted by molar-refractivity contribution is 5.92. The van der Waals surface area contributed by atoms with Crippen molar-refractivity contribution in [3.63, 3.8) is 0 Å². The van der Waals surface area contributed by atoms with Gasteiger partial charge in [-0.15, -0.1) is 0 Å². The average Bonchev–Trinajstić information content (AvgIpc) is 3.57. The van der Waals surface area contributed by atoms with Crippen molar-refractivity contribution in [2.24, 2.45) is 11.7 Å². The van der Waals surface area contributed by atoms with Gasteiger partial charge in [0.15, 0.2) is 5.65 Å². The van der Waals surface area contributed by atoms with E-state index in [1.165, 1.54) is 12.4 Å². The number of rotatable bonds is 6. The number of ether oxygens (including phenoxy) is 1. The number of hydrogen-bond acceptors (Lipinski definition) is 9. The van der Waals surface area contributed by atoms with E-state index in [2.05, 4.69) is 29.9 Å². The maximum Gasteiger partial charge on any atom is 0.262 e. The number of amides is 1. The molecule has 6 rings (SSSR count). The first-order valence-corrected chi connectivity index (χ1v) is 13.2. The molecule has 3 aromatic rings. The van der Waals surface area contributed by atoms with Crippen LogP contribution in [0, 0.1) is 5.92 Å². The minimum atomic E-state index is -0.515. The third-order valence-corrected chi connectivity index (χ3v) is 8.01. The topological polar surface area (TPSA) is 148 Å². The molecule has 1 unspecified atom stereocenters. The van der Waals surface area contributed by atoms with E-state index in [1.54, 1.807) is 6.20 Å². The molecule has 0 spiro atoms. The highest BCUT2D eigenvalue weighted by Crippen LogP contribution is 2.29. The zero-order valence-corrected chi connectivity index (χ0v) is 20.9. The summed E-state index contributed by atoms with van der Waals surface area (Å²) < 4.78 is 7.43. The number of aromatic nitrogens is 6. The molecule has 3 aromatic heterocycles. The van der Waals surface area contributed by atoms with Crippen molar-refractivity contribution in [1.29, 1.82) is 0 Å². The summed E-state index contributed by atoms with van der Waals surface area (Å²) in [6, 6.07) is 0.228. The number of nitrogens with zero attached hydrogens (tertiary/aromatic N) is 7.